The van der Waals surface area contributed by atoms with Crippen LogP contribution in [0, 0.1) is 0 Å². The van der Waals surface area contributed by atoms with E-state index < -0.39 is 0 Å². The van der Waals surface area contributed by atoms with Crippen LogP contribution in [-0.4, -0.2) is 56.0 Å². The molecule has 138 valence electrons. The van der Waals surface area contributed by atoms with Crippen LogP contribution < -0.4 is 10.1 Å². The molecule has 1 aromatic carbocycles. The fourth-order valence-electron chi connectivity index (χ4n) is 2.22. The number of hydrogen-bond acceptors (Lipinski definition) is 5. The van der Waals surface area contributed by atoms with Gasteiger partial charge in [0.05, 0.1) is 20.1 Å². The number of carbonyl (C=O) groups excluding carboxylic acids is 3. The highest BCUT2D eigenvalue weighted by Crippen LogP contribution is 2.13. The predicted molar refractivity (Wildman–Crippen MR) is 93.4 cm³/mol. The average Bonchev–Trinajstić information content (AvgIpc) is 2.60. The van der Waals surface area contributed by atoms with Crippen LogP contribution in [0.15, 0.2) is 24.3 Å². The van der Waals surface area contributed by atoms with Crippen molar-refractivity contribution in [1.82, 2.24) is 10.2 Å². The minimum absolute atomic E-state index is 0.112. The lowest BCUT2D eigenvalue weighted by Crippen LogP contribution is -2.35. The fourth-order valence-corrected chi connectivity index (χ4v) is 2.22. The van der Waals surface area contributed by atoms with Crippen LogP contribution in [0.4, 0.5) is 0 Å². The molecule has 0 aliphatic carbocycles. The molecule has 0 saturated carbocycles. The molecule has 1 rings (SSSR count). The van der Waals surface area contributed by atoms with E-state index in [1.165, 1.54) is 6.92 Å². The Morgan fingerprint density at radius 1 is 1.12 bits per heavy atom. The molecule has 0 bridgehead atoms. The summed E-state index contributed by atoms with van der Waals surface area (Å²) in [4.78, 5) is 36.8. The summed E-state index contributed by atoms with van der Waals surface area (Å²) in [6.45, 7) is 4.68. The predicted octanol–water partition coefficient (Wildman–Crippen LogP) is 1.62. The summed E-state index contributed by atoms with van der Waals surface area (Å²) in [7, 11) is 1.56. The van der Waals surface area contributed by atoms with Crippen molar-refractivity contribution in [3.63, 3.8) is 0 Å². The first-order valence-corrected chi connectivity index (χ1v) is 8.31. The van der Waals surface area contributed by atoms with E-state index in [0.717, 1.165) is 0 Å². The second-order valence-corrected chi connectivity index (χ2v) is 5.41. The zero-order chi connectivity index (χ0) is 18.7. The minimum Gasteiger partial charge on any atom is -0.497 e. The van der Waals surface area contributed by atoms with E-state index in [2.05, 4.69) is 5.32 Å². The second-order valence-electron chi connectivity index (χ2n) is 5.41. The van der Waals surface area contributed by atoms with Gasteiger partial charge in [-0.15, -0.1) is 0 Å². The van der Waals surface area contributed by atoms with Gasteiger partial charge in [0, 0.05) is 32.1 Å². The van der Waals surface area contributed by atoms with Crippen molar-refractivity contribution in [3.05, 3.63) is 29.8 Å². The highest BCUT2D eigenvalue weighted by Gasteiger charge is 2.17. The largest absolute Gasteiger partial charge is 0.497 e. The molecule has 0 fully saturated rings. The SMILES string of the molecule is CCOC(=O)CCN(CCCNC(C)=O)C(=O)c1ccc(OC)cc1. The zero-order valence-corrected chi connectivity index (χ0v) is 15.0. The molecule has 0 aliphatic heterocycles. The molecule has 2 amide bonds. The summed E-state index contributed by atoms with van der Waals surface area (Å²) >= 11 is 0. The Hall–Kier alpha value is -2.57. The van der Waals surface area contributed by atoms with Crippen LogP contribution in [0.1, 0.15) is 37.0 Å². The van der Waals surface area contributed by atoms with Gasteiger partial charge in [-0.25, -0.2) is 0 Å². The van der Waals surface area contributed by atoms with Crippen LogP contribution in [0.2, 0.25) is 0 Å². The molecular weight excluding hydrogens is 324 g/mol. The highest BCUT2D eigenvalue weighted by molar-refractivity contribution is 5.94. The molecule has 7 heteroatoms. The number of ether oxygens (including phenoxy) is 2. The van der Waals surface area contributed by atoms with Gasteiger partial charge < -0.3 is 19.7 Å². The van der Waals surface area contributed by atoms with Gasteiger partial charge in [0.15, 0.2) is 0 Å². The summed E-state index contributed by atoms with van der Waals surface area (Å²) in [6, 6.07) is 6.81. The van der Waals surface area contributed by atoms with Gasteiger partial charge in [-0.05, 0) is 37.6 Å². The molecule has 7 nitrogen and oxygen atoms in total. The number of hydrogen-bond donors (Lipinski definition) is 1. The third kappa shape index (κ3) is 7.69. The van der Waals surface area contributed by atoms with Crippen LogP contribution in [0.5, 0.6) is 5.75 Å². The maximum Gasteiger partial charge on any atom is 0.307 e. The number of benzene rings is 1. The van der Waals surface area contributed by atoms with Gasteiger partial charge in [0.25, 0.3) is 5.91 Å². The van der Waals surface area contributed by atoms with Crippen LogP contribution in [-0.2, 0) is 14.3 Å². The van der Waals surface area contributed by atoms with Gasteiger partial charge in [-0.1, -0.05) is 0 Å². The number of nitrogens with zero attached hydrogens (tertiary/aromatic N) is 1. The highest BCUT2D eigenvalue weighted by atomic mass is 16.5. The fraction of sp³-hybridized carbons (Fsp3) is 0.500. The van der Waals surface area contributed by atoms with Crippen molar-refractivity contribution in [2.24, 2.45) is 0 Å². The maximum atomic E-state index is 12.7. The second kappa shape index (κ2) is 11.1. The molecular formula is C18H26N2O5. The molecule has 25 heavy (non-hydrogen) atoms. The molecule has 1 N–H and O–H groups in total. The monoisotopic (exact) mass is 350 g/mol. The summed E-state index contributed by atoms with van der Waals surface area (Å²) in [5.41, 5.74) is 0.518. The summed E-state index contributed by atoms with van der Waals surface area (Å²) in [5.74, 6) is 0.0477. The number of nitrogens with one attached hydrogen (secondary N) is 1. The summed E-state index contributed by atoms with van der Waals surface area (Å²) < 4.78 is 10.0. The van der Waals surface area contributed by atoms with Crippen molar-refractivity contribution in [1.29, 1.82) is 0 Å². The van der Waals surface area contributed by atoms with Crippen molar-refractivity contribution in [2.75, 3.05) is 33.4 Å². The van der Waals surface area contributed by atoms with E-state index in [1.54, 1.807) is 43.2 Å². The standard InChI is InChI=1S/C18H26N2O5/c1-4-25-17(22)10-13-20(12-5-11-19-14(2)21)18(23)15-6-8-16(24-3)9-7-15/h6-9H,4-5,10-13H2,1-3H3,(H,19,21). The Morgan fingerprint density at radius 2 is 1.80 bits per heavy atom. The maximum absolute atomic E-state index is 12.7. The van der Waals surface area contributed by atoms with Gasteiger partial charge in [0.1, 0.15) is 5.75 Å². The average molecular weight is 350 g/mol. The smallest absolute Gasteiger partial charge is 0.307 e. The molecule has 0 aromatic heterocycles. The van der Waals surface area contributed by atoms with E-state index >= 15 is 0 Å². The summed E-state index contributed by atoms with van der Waals surface area (Å²) in [6.07, 6.45) is 0.736. The quantitative estimate of drug-likeness (QED) is 0.512. The lowest BCUT2D eigenvalue weighted by Gasteiger charge is -2.22. The lowest BCUT2D eigenvalue weighted by atomic mass is 10.1. The molecule has 0 saturated heterocycles. The number of amides is 2. The third-order valence-electron chi connectivity index (χ3n) is 3.49. The number of rotatable bonds is 10. The van der Waals surface area contributed by atoms with Gasteiger partial charge in [-0.3, -0.25) is 14.4 Å². The van der Waals surface area contributed by atoms with E-state index in [4.69, 9.17) is 9.47 Å². The lowest BCUT2D eigenvalue weighted by molar-refractivity contribution is -0.143. The van der Waals surface area contributed by atoms with Crippen LogP contribution >= 0.6 is 0 Å². The summed E-state index contributed by atoms with van der Waals surface area (Å²) in [5, 5.41) is 2.69. The first-order chi connectivity index (χ1) is 12.0. The molecule has 0 aliphatic rings. The minimum atomic E-state index is -0.336. The van der Waals surface area contributed by atoms with E-state index in [0.29, 0.717) is 37.4 Å². The Bertz CT molecular complexity index is 571. The zero-order valence-electron chi connectivity index (χ0n) is 15.0. The van der Waals surface area contributed by atoms with E-state index in [1.807, 2.05) is 0 Å². The van der Waals surface area contributed by atoms with Crippen molar-refractivity contribution in [3.8, 4) is 5.75 Å². The molecule has 0 spiro atoms. The van der Waals surface area contributed by atoms with Crippen LogP contribution in [0.25, 0.3) is 0 Å². The molecule has 0 atom stereocenters. The topological polar surface area (TPSA) is 84.9 Å². The van der Waals surface area contributed by atoms with Crippen molar-refractivity contribution >= 4 is 17.8 Å². The Labute approximate surface area is 148 Å². The first kappa shape index (κ1) is 20.5. The van der Waals surface area contributed by atoms with Crippen molar-refractivity contribution < 1.29 is 23.9 Å². The third-order valence-corrected chi connectivity index (χ3v) is 3.49. The molecule has 1 aromatic rings. The number of esters is 1. The molecule has 0 heterocycles. The normalized spacial score (nSPS) is 10.0. The van der Waals surface area contributed by atoms with Gasteiger partial charge in [0.2, 0.25) is 5.91 Å². The van der Waals surface area contributed by atoms with E-state index in [9.17, 15) is 14.4 Å². The molecule has 0 unspecified atom stereocenters. The number of carbonyl (C=O) groups is 3. The Balaban J connectivity index is 2.70. The van der Waals surface area contributed by atoms with Gasteiger partial charge >= 0.3 is 5.97 Å². The Morgan fingerprint density at radius 3 is 2.36 bits per heavy atom. The van der Waals surface area contributed by atoms with Crippen molar-refractivity contribution in [2.45, 2.75) is 26.7 Å². The van der Waals surface area contributed by atoms with Crippen LogP contribution in [0.3, 0.4) is 0 Å². The Kier molecular flexibility index (Phi) is 9.06. The van der Waals surface area contributed by atoms with Gasteiger partial charge in [-0.2, -0.15) is 0 Å². The van der Waals surface area contributed by atoms with E-state index in [-0.39, 0.29) is 30.7 Å². The number of methoxy groups -OCH3 is 1. The molecule has 0 radical (unpaired) electrons. The first-order valence-electron chi connectivity index (χ1n) is 8.31.